The number of carbonyl (C=O) groups is 3. The lowest BCUT2D eigenvalue weighted by molar-refractivity contribution is -0.128. The van der Waals surface area contributed by atoms with E-state index >= 15 is 0 Å². The zero-order chi connectivity index (χ0) is 27.0. The molecule has 2 aromatic carbocycles. The second kappa shape index (κ2) is 9.74. The summed E-state index contributed by atoms with van der Waals surface area (Å²) in [6, 6.07) is 17.6. The van der Waals surface area contributed by atoms with Crippen LogP contribution in [0.25, 0.3) is 5.65 Å². The smallest absolute Gasteiger partial charge is 0.256 e. The predicted molar refractivity (Wildman–Crippen MR) is 143 cm³/mol. The van der Waals surface area contributed by atoms with Crippen LogP contribution in [0.3, 0.4) is 0 Å². The lowest BCUT2D eigenvalue weighted by Crippen LogP contribution is -2.27. The van der Waals surface area contributed by atoms with Crippen LogP contribution in [0.5, 0.6) is 11.6 Å². The summed E-state index contributed by atoms with van der Waals surface area (Å²) in [4.78, 5) is 43.8. The molecule has 1 N–H and O–H groups in total. The van der Waals surface area contributed by atoms with Gasteiger partial charge in [-0.15, -0.1) is 5.10 Å². The van der Waals surface area contributed by atoms with Crippen molar-refractivity contribution < 1.29 is 19.1 Å². The number of nitrogens with zero attached hydrogens (tertiary/aromatic N) is 4. The van der Waals surface area contributed by atoms with Gasteiger partial charge in [-0.1, -0.05) is 45.0 Å². The highest BCUT2D eigenvalue weighted by molar-refractivity contribution is 6.11. The van der Waals surface area contributed by atoms with E-state index in [4.69, 9.17) is 4.74 Å². The van der Waals surface area contributed by atoms with Gasteiger partial charge in [0.15, 0.2) is 17.2 Å². The fourth-order valence-corrected chi connectivity index (χ4v) is 4.39. The molecule has 9 heteroatoms. The Morgan fingerprint density at radius 1 is 1.03 bits per heavy atom. The zero-order valence-corrected chi connectivity index (χ0v) is 21.8. The van der Waals surface area contributed by atoms with Gasteiger partial charge in [-0.2, -0.15) is 0 Å². The van der Waals surface area contributed by atoms with Crippen molar-refractivity contribution in [2.45, 2.75) is 32.6 Å². The Bertz CT molecular complexity index is 1530. The topological polar surface area (TPSA) is 106 Å². The first kappa shape index (κ1) is 25.1. The van der Waals surface area contributed by atoms with Crippen LogP contribution in [0.2, 0.25) is 0 Å². The minimum absolute atomic E-state index is 0.00489. The number of likely N-dealkylation sites (tertiary alicyclic amines) is 1. The summed E-state index contributed by atoms with van der Waals surface area (Å²) in [5.74, 6) is -0.215. The number of hydrogen-bond acceptors (Lipinski definition) is 6. The first-order valence-electron chi connectivity index (χ1n) is 12.4. The molecule has 1 unspecified atom stereocenters. The number of rotatable bonds is 6. The van der Waals surface area contributed by atoms with Crippen molar-refractivity contribution in [1.29, 1.82) is 0 Å². The molecule has 1 aliphatic heterocycles. The summed E-state index contributed by atoms with van der Waals surface area (Å²) in [7, 11) is 1.70. The van der Waals surface area contributed by atoms with Crippen molar-refractivity contribution in [2.24, 2.45) is 5.92 Å². The largest absolute Gasteiger partial charge is 0.438 e. The highest BCUT2D eigenvalue weighted by atomic mass is 16.5. The van der Waals surface area contributed by atoms with Crippen LogP contribution < -0.4 is 10.1 Å². The van der Waals surface area contributed by atoms with Gasteiger partial charge in [0.05, 0.1) is 6.20 Å². The van der Waals surface area contributed by atoms with Crippen LogP contribution in [0.15, 0.2) is 66.9 Å². The monoisotopic (exact) mass is 511 g/mol. The molecule has 1 atom stereocenters. The average molecular weight is 512 g/mol. The van der Waals surface area contributed by atoms with Crippen LogP contribution in [-0.4, -0.2) is 50.7 Å². The number of amides is 2. The standard InChI is InChI=1S/C29H29N5O4/c1-29(2,3)20-10-8-18(9-11-20)27(36)31-23-17-34-24(30-23)12-13-25(32-34)38-21-7-5-6-19(16-21)26(35)22-14-15-33(4)28(22)37/h5-13,16-17,22H,14-15H2,1-4H3,(H,31,36). The van der Waals surface area contributed by atoms with E-state index < -0.39 is 5.92 Å². The third-order valence-electron chi connectivity index (χ3n) is 6.64. The molecule has 0 saturated carbocycles. The Morgan fingerprint density at radius 2 is 1.79 bits per heavy atom. The van der Waals surface area contributed by atoms with Crippen LogP contribution in [0.1, 0.15) is 53.5 Å². The second-order valence-corrected chi connectivity index (χ2v) is 10.5. The molecule has 1 aliphatic rings. The number of ketones is 1. The molecule has 2 amide bonds. The number of aromatic nitrogens is 3. The minimum atomic E-state index is -0.652. The molecule has 2 aromatic heterocycles. The summed E-state index contributed by atoms with van der Waals surface area (Å²) in [6.07, 6.45) is 2.12. The molecule has 5 rings (SSSR count). The number of carbonyl (C=O) groups excluding carboxylic acids is 3. The van der Waals surface area contributed by atoms with Gasteiger partial charge in [0.25, 0.3) is 5.91 Å². The zero-order valence-electron chi connectivity index (χ0n) is 21.8. The molecular weight excluding hydrogens is 482 g/mol. The molecule has 0 bridgehead atoms. The van der Waals surface area contributed by atoms with E-state index in [1.54, 1.807) is 66.7 Å². The van der Waals surface area contributed by atoms with Crippen LogP contribution in [0, 0.1) is 5.92 Å². The first-order valence-corrected chi connectivity index (χ1v) is 12.4. The fourth-order valence-electron chi connectivity index (χ4n) is 4.39. The highest BCUT2D eigenvalue weighted by Gasteiger charge is 2.35. The van der Waals surface area contributed by atoms with E-state index in [2.05, 4.69) is 36.2 Å². The quantitative estimate of drug-likeness (QED) is 0.296. The van der Waals surface area contributed by atoms with Crippen molar-refractivity contribution in [1.82, 2.24) is 19.5 Å². The van der Waals surface area contributed by atoms with Crippen molar-refractivity contribution in [2.75, 3.05) is 18.9 Å². The number of anilines is 1. The predicted octanol–water partition coefficient (Wildman–Crippen LogP) is 4.73. The second-order valence-electron chi connectivity index (χ2n) is 10.5. The van der Waals surface area contributed by atoms with Gasteiger partial charge >= 0.3 is 0 Å². The molecule has 9 nitrogen and oxygen atoms in total. The van der Waals surface area contributed by atoms with Crippen molar-refractivity contribution in [3.8, 4) is 11.6 Å². The Labute approximate surface area is 220 Å². The molecule has 0 spiro atoms. The first-order chi connectivity index (χ1) is 18.1. The van der Waals surface area contributed by atoms with Crippen LogP contribution in [-0.2, 0) is 10.2 Å². The Hall–Kier alpha value is -4.53. The summed E-state index contributed by atoms with van der Waals surface area (Å²) < 4.78 is 7.40. The van der Waals surface area contributed by atoms with Crippen molar-refractivity contribution in [3.05, 3.63) is 83.6 Å². The normalized spacial score (nSPS) is 15.6. The average Bonchev–Trinajstić information content (AvgIpc) is 3.44. The maximum Gasteiger partial charge on any atom is 0.256 e. The van der Waals surface area contributed by atoms with Gasteiger partial charge < -0.3 is 15.0 Å². The number of nitrogens with one attached hydrogen (secondary N) is 1. The molecule has 38 heavy (non-hydrogen) atoms. The van der Waals surface area contributed by atoms with Crippen molar-refractivity contribution >= 4 is 29.1 Å². The van der Waals surface area contributed by atoms with Gasteiger partial charge in [-0.05, 0) is 47.7 Å². The molecule has 0 aliphatic carbocycles. The van der Waals surface area contributed by atoms with Gasteiger partial charge in [0, 0.05) is 30.8 Å². The number of benzene rings is 2. The van der Waals surface area contributed by atoms with E-state index in [-0.39, 0.29) is 28.9 Å². The van der Waals surface area contributed by atoms with Gasteiger partial charge in [0.1, 0.15) is 11.7 Å². The van der Waals surface area contributed by atoms with Crippen LogP contribution in [0.4, 0.5) is 5.82 Å². The van der Waals surface area contributed by atoms with Crippen LogP contribution >= 0.6 is 0 Å². The van der Waals surface area contributed by atoms with Gasteiger partial charge in [0.2, 0.25) is 11.8 Å². The lowest BCUT2D eigenvalue weighted by atomic mass is 9.87. The fraction of sp³-hybridized carbons (Fsp3) is 0.276. The van der Waals surface area contributed by atoms with E-state index in [1.165, 1.54) is 4.52 Å². The summed E-state index contributed by atoms with van der Waals surface area (Å²) in [5.41, 5.74) is 2.63. The lowest BCUT2D eigenvalue weighted by Gasteiger charge is -2.18. The molecule has 3 heterocycles. The summed E-state index contributed by atoms with van der Waals surface area (Å²) >= 11 is 0. The number of ether oxygens (including phenoxy) is 1. The number of Topliss-reactive ketones (excluding diaryl/α,β-unsaturated/α-hetero) is 1. The molecule has 1 fully saturated rings. The number of fused-ring (bicyclic) bond motifs is 1. The van der Waals surface area contributed by atoms with Gasteiger partial charge in [-0.25, -0.2) is 9.50 Å². The van der Waals surface area contributed by atoms with E-state index in [9.17, 15) is 14.4 Å². The third-order valence-corrected chi connectivity index (χ3v) is 6.64. The van der Waals surface area contributed by atoms with E-state index in [1.807, 2.05) is 12.1 Å². The highest BCUT2D eigenvalue weighted by Crippen LogP contribution is 2.26. The van der Waals surface area contributed by atoms with E-state index in [0.717, 1.165) is 5.56 Å². The molecular formula is C29H29N5O4. The van der Waals surface area contributed by atoms with Crippen molar-refractivity contribution in [3.63, 3.8) is 0 Å². The molecule has 0 radical (unpaired) electrons. The Morgan fingerprint density at radius 3 is 2.47 bits per heavy atom. The summed E-state index contributed by atoms with van der Waals surface area (Å²) in [5, 5.41) is 7.23. The molecule has 194 valence electrons. The van der Waals surface area contributed by atoms with E-state index in [0.29, 0.717) is 41.3 Å². The number of imidazole rings is 1. The SMILES string of the molecule is CN1CCC(C(=O)c2cccc(Oc3ccc4nc(NC(=O)c5ccc(C(C)(C)C)cc5)cn4n3)c2)C1=O. The summed E-state index contributed by atoms with van der Waals surface area (Å²) in [6.45, 7) is 6.94. The molecule has 1 saturated heterocycles. The third kappa shape index (κ3) is 5.13. The maximum absolute atomic E-state index is 12.9. The number of hydrogen-bond donors (Lipinski definition) is 1. The molecule has 4 aromatic rings. The maximum atomic E-state index is 12.9. The minimum Gasteiger partial charge on any atom is -0.438 e. The Kier molecular flexibility index (Phi) is 6.44. The Balaban J connectivity index is 1.28. The van der Waals surface area contributed by atoms with Gasteiger partial charge in [-0.3, -0.25) is 14.4 Å².